The van der Waals surface area contributed by atoms with Crippen molar-refractivity contribution >= 4 is 34.2 Å². The maximum absolute atomic E-state index is 12.0. The highest BCUT2D eigenvalue weighted by Crippen LogP contribution is 2.25. The van der Waals surface area contributed by atoms with E-state index < -0.39 is 5.63 Å². The largest absolute Gasteiger partial charge is 0.506 e. The van der Waals surface area contributed by atoms with Gasteiger partial charge in [0.05, 0.1) is 16.4 Å². The average molecular weight is 305 g/mol. The van der Waals surface area contributed by atoms with Gasteiger partial charge in [0, 0.05) is 6.21 Å². The molecule has 2 N–H and O–H groups in total. The summed E-state index contributed by atoms with van der Waals surface area (Å²) < 4.78 is 5.18. The van der Waals surface area contributed by atoms with Gasteiger partial charge in [0.2, 0.25) is 5.95 Å². The molecule has 0 fully saturated rings. The number of nitrogens with one attached hydrogen (secondary N) is 1. The lowest BCUT2D eigenvalue weighted by Crippen LogP contribution is -2.06. The Kier molecular flexibility index (Phi) is 2.94. The Labute approximate surface area is 129 Å². The van der Waals surface area contributed by atoms with Gasteiger partial charge in [-0.05, 0) is 24.3 Å². The second-order valence-corrected chi connectivity index (χ2v) is 4.98. The Morgan fingerprint density at radius 3 is 2.78 bits per heavy atom. The molecule has 2 heterocycles. The number of aliphatic imine (C=N–C) groups is 1. The minimum absolute atomic E-state index is 0.0100. The maximum Gasteiger partial charge on any atom is 0.348 e. The highest BCUT2D eigenvalue weighted by Gasteiger charge is 2.12. The number of imidazole rings is 1. The summed E-state index contributed by atoms with van der Waals surface area (Å²) in [6.07, 6.45) is 1.26. The molecule has 2 aromatic carbocycles. The Morgan fingerprint density at radius 2 is 1.91 bits per heavy atom. The smallest absolute Gasteiger partial charge is 0.348 e. The van der Waals surface area contributed by atoms with Crippen LogP contribution in [0.1, 0.15) is 5.56 Å². The van der Waals surface area contributed by atoms with Crippen molar-refractivity contribution in [2.45, 2.75) is 0 Å². The lowest BCUT2D eigenvalue weighted by molar-refractivity contribution is 0.466. The van der Waals surface area contributed by atoms with Crippen LogP contribution in [-0.4, -0.2) is 21.3 Å². The molecule has 0 spiro atoms. The van der Waals surface area contributed by atoms with Crippen LogP contribution >= 0.6 is 0 Å². The van der Waals surface area contributed by atoms with E-state index in [0.717, 1.165) is 11.0 Å². The van der Waals surface area contributed by atoms with Crippen LogP contribution in [-0.2, 0) is 0 Å². The van der Waals surface area contributed by atoms with Crippen LogP contribution in [0.5, 0.6) is 5.75 Å². The van der Waals surface area contributed by atoms with E-state index in [2.05, 4.69) is 15.0 Å². The summed E-state index contributed by atoms with van der Waals surface area (Å²) in [7, 11) is 0. The predicted octanol–water partition coefficient (Wildman–Crippen LogP) is 3.13. The fourth-order valence-electron chi connectivity index (χ4n) is 2.39. The molecule has 2 aromatic heterocycles. The van der Waals surface area contributed by atoms with Crippen LogP contribution in [0.3, 0.4) is 0 Å². The van der Waals surface area contributed by atoms with E-state index in [0.29, 0.717) is 16.9 Å². The molecular formula is C17H11N3O3. The second kappa shape index (κ2) is 5.10. The highest BCUT2D eigenvalue weighted by molar-refractivity contribution is 5.94. The Hall–Kier alpha value is -3.41. The third kappa shape index (κ3) is 2.26. The van der Waals surface area contributed by atoms with Crippen LogP contribution in [0.15, 0.2) is 62.7 Å². The van der Waals surface area contributed by atoms with E-state index in [1.54, 1.807) is 24.3 Å². The lowest BCUT2D eigenvalue weighted by atomic mass is 10.1. The zero-order valence-corrected chi connectivity index (χ0v) is 11.9. The maximum atomic E-state index is 12.0. The molecule has 4 rings (SSSR count). The molecule has 0 aliphatic heterocycles. The van der Waals surface area contributed by atoms with Crippen LogP contribution < -0.4 is 5.63 Å². The molecule has 0 aliphatic carbocycles. The molecule has 0 radical (unpaired) electrons. The van der Waals surface area contributed by atoms with Crippen LogP contribution in [0.2, 0.25) is 0 Å². The number of benzene rings is 2. The van der Waals surface area contributed by atoms with Crippen molar-refractivity contribution in [3.8, 4) is 5.75 Å². The van der Waals surface area contributed by atoms with Crippen molar-refractivity contribution in [1.29, 1.82) is 0 Å². The predicted molar refractivity (Wildman–Crippen MR) is 87.5 cm³/mol. The Bertz CT molecular complexity index is 1080. The van der Waals surface area contributed by atoms with Crippen molar-refractivity contribution in [1.82, 2.24) is 9.97 Å². The first-order valence-electron chi connectivity index (χ1n) is 6.96. The van der Waals surface area contributed by atoms with E-state index in [4.69, 9.17) is 4.42 Å². The van der Waals surface area contributed by atoms with Gasteiger partial charge in [0.1, 0.15) is 16.9 Å². The molecule has 6 nitrogen and oxygen atoms in total. The van der Waals surface area contributed by atoms with E-state index in [9.17, 15) is 9.90 Å². The molecule has 0 bridgehead atoms. The summed E-state index contributed by atoms with van der Waals surface area (Å²) in [6.45, 7) is 0. The number of para-hydroxylation sites is 3. The summed E-state index contributed by atoms with van der Waals surface area (Å²) in [5, 5.41) is 10.7. The molecule has 0 aliphatic rings. The number of rotatable bonds is 2. The molecular weight excluding hydrogens is 294 g/mol. The molecule has 23 heavy (non-hydrogen) atoms. The van der Waals surface area contributed by atoms with E-state index in [1.165, 1.54) is 6.21 Å². The summed E-state index contributed by atoms with van der Waals surface area (Å²) in [4.78, 5) is 23.4. The highest BCUT2D eigenvalue weighted by atomic mass is 16.4. The van der Waals surface area contributed by atoms with Crippen molar-refractivity contribution < 1.29 is 9.52 Å². The van der Waals surface area contributed by atoms with Gasteiger partial charge in [0.15, 0.2) is 0 Å². The minimum atomic E-state index is -0.652. The number of aromatic hydroxyl groups is 1. The van der Waals surface area contributed by atoms with E-state index in [1.807, 2.05) is 24.3 Å². The van der Waals surface area contributed by atoms with Crippen molar-refractivity contribution in [2.75, 3.05) is 0 Å². The molecule has 0 unspecified atom stereocenters. The van der Waals surface area contributed by atoms with E-state index in [-0.39, 0.29) is 11.3 Å². The lowest BCUT2D eigenvalue weighted by Gasteiger charge is -2.01. The third-order valence-corrected chi connectivity index (χ3v) is 3.51. The van der Waals surface area contributed by atoms with Gasteiger partial charge in [-0.1, -0.05) is 24.3 Å². The van der Waals surface area contributed by atoms with Gasteiger partial charge < -0.3 is 14.5 Å². The number of fused-ring (bicyclic) bond motifs is 2. The quantitative estimate of drug-likeness (QED) is 0.439. The second-order valence-electron chi connectivity index (χ2n) is 4.98. The molecule has 6 heteroatoms. The van der Waals surface area contributed by atoms with Crippen molar-refractivity contribution in [3.05, 3.63) is 64.5 Å². The first kappa shape index (κ1) is 13.3. The number of hydrogen-bond donors (Lipinski definition) is 2. The number of aromatic amines is 1. The third-order valence-electron chi connectivity index (χ3n) is 3.51. The number of aromatic nitrogens is 2. The monoisotopic (exact) mass is 305 g/mol. The molecule has 0 saturated carbocycles. The minimum Gasteiger partial charge on any atom is -0.506 e. The Balaban J connectivity index is 1.81. The van der Waals surface area contributed by atoms with Gasteiger partial charge in [-0.15, -0.1) is 0 Å². The fourth-order valence-corrected chi connectivity index (χ4v) is 2.39. The molecule has 4 aromatic rings. The van der Waals surface area contributed by atoms with Crippen LogP contribution in [0, 0.1) is 0 Å². The fraction of sp³-hybridized carbons (Fsp3) is 0. The average Bonchev–Trinajstić information content (AvgIpc) is 2.97. The zero-order chi connectivity index (χ0) is 15.8. The van der Waals surface area contributed by atoms with Crippen LogP contribution in [0.4, 0.5) is 5.95 Å². The molecule has 0 amide bonds. The number of nitrogens with zero attached hydrogens (tertiary/aromatic N) is 2. The number of H-pyrrole nitrogens is 1. The molecule has 0 atom stereocenters. The first-order chi connectivity index (χ1) is 11.2. The summed E-state index contributed by atoms with van der Waals surface area (Å²) in [5.74, 6) is 0.190. The van der Waals surface area contributed by atoms with Gasteiger partial charge in [0.25, 0.3) is 0 Å². The first-order valence-corrected chi connectivity index (χ1v) is 6.96. The summed E-state index contributed by atoms with van der Waals surface area (Å²) >= 11 is 0. The topological polar surface area (TPSA) is 91.5 Å². The van der Waals surface area contributed by atoms with Gasteiger partial charge in [-0.25, -0.2) is 14.8 Å². The van der Waals surface area contributed by atoms with Crippen molar-refractivity contribution in [2.24, 2.45) is 4.99 Å². The summed E-state index contributed by atoms with van der Waals surface area (Å²) in [6, 6.07) is 14.3. The number of hydrogen-bond acceptors (Lipinski definition) is 5. The SMILES string of the molecule is O=c1oc2ccccc2c(O)c1C=Nc1nc2ccccc2[nH]1. The standard InChI is InChI=1S/C17H11N3O3/c21-15-10-5-1-4-8-14(10)23-16(22)11(15)9-18-17-19-12-6-2-3-7-13(12)20-17/h1-9,21H,(H,19,20). The van der Waals surface area contributed by atoms with Gasteiger partial charge in [-0.3, -0.25) is 0 Å². The Morgan fingerprint density at radius 1 is 1.13 bits per heavy atom. The van der Waals surface area contributed by atoms with Gasteiger partial charge >= 0.3 is 5.63 Å². The van der Waals surface area contributed by atoms with Crippen LogP contribution in [0.25, 0.3) is 22.0 Å². The van der Waals surface area contributed by atoms with Crippen molar-refractivity contribution in [3.63, 3.8) is 0 Å². The molecule has 0 saturated heterocycles. The summed E-state index contributed by atoms with van der Waals surface area (Å²) in [5.41, 5.74) is 1.28. The zero-order valence-electron chi connectivity index (χ0n) is 11.9. The normalized spacial score (nSPS) is 11.7. The van der Waals surface area contributed by atoms with E-state index >= 15 is 0 Å². The molecule has 112 valence electrons. The van der Waals surface area contributed by atoms with Gasteiger partial charge in [-0.2, -0.15) is 0 Å².